The van der Waals surface area contributed by atoms with Crippen LogP contribution in [0.4, 0.5) is 4.72 Å². The molecule has 0 aliphatic carbocycles. The Morgan fingerprint density at radius 3 is 2.79 bits per heavy atom. The quantitative estimate of drug-likeness (QED) is 0.704. The fraction of sp³-hybridized carbons (Fsp3) is 0.900. The van der Waals surface area contributed by atoms with Gasteiger partial charge in [0.2, 0.25) is 0 Å². The minimum atomic E-state index is -0.283. The summed E-state index contributed by atoms with van der Waals surface area (Å²) in [7, 11) is 0. The van der Waals surface area contributed by atoms with Crippen LogP contribution < -0.4 is 5.32 Å². The van der Waals surface area contributed by atoms with Crippen molar-refractivity contribution < 1.29 is 14.2 Å². The van der Waals surface area contributed by atoms with Crippen molar-refractivity contribution in [3.8, 4) is 0 Å². The van der Waals surface area contributed by atoms with E-state index < -0.39 is 0 Å². The number of carbonyl (C=O) groups is 1. The van der Waals surface area contributed by atoms with Crippen molar-refractivity contribution in [2.45, 2.75) is 34.1 Å². The molecule has 0 spiro atoms. The maximum absolute atomic E-state index is 11.5. The molecule has 1 atom stereocenters. The van der Waals surface area contributed by atoms with Crippen LogP contribution in [-0.2, 0) is 9.53 Å². The highest BCUT2D eigenvalue weighted by molar-refractivity contribution is 5.76. The summed E-state index contributed by atoms with van der Waals surface area (Å²) in [5, 5.41) is 3.21. The number of halogens is 1. The smallest absolute Gasteiger partial charge is 0.313 e. The minimum Gasteiger partial charge on any atom is -0.466 e. The molecule has 0 saturated carbocycles. The Hall–Kier alpha value is -0.640. The molecule has 1 aliphatic heterocycles. The van der Waals surface area contributed by atoms with E-state index in [1.165, 1.54) is 0 Å². The Morgan fingerprint density at radius 1 is 1.71 bits per heavy atom. The first kappa shape index (κ1) is 13.4. The number of carbonyl (C=O) groups excluding carboxylic acids is 1. The van der Waals surface area contributed by atoms with E-state index in [1.54, 1.807) is 0 Å². The van der Waals surface area contributed by atoms with Gasteiger partial charge in [-0.2, -0.15) is 0 Å². The molecule has 0 amide bonds. The lowest BCUT2D eigenvalue weighted by Crippen LogP contribution is -2.44. The zero-order chi connectivity index (χ0) is 11.0. The maximum Gasteiger partial charge on any atom is 0.313 e. The third kappa shape index (κ3) is 3.62. The average Bonchev–Trinajstić information content (AvgIpc) is 2.22. The zero-order valence-corrected chi connectivity index (χ0v) is 8.23. The second-order valence-electron chi connectivity index (χ2n) is 3.56. The van der Waals surface area contributed by atoms with Gasteiger partial charge in [0.1, 0.15) is 0 Å². The molecular weight excluding hydrogens is 185 g/mol. The van der Waals surface area contributed by atoms with E-state index in [9.17, 15) is 4.79 Å². The summed E-state index contributed by atoms with van der Waals surface area (Å²) in [5.41, 5.74) is -0.283. The number of rotatable bonds is 2. The normalized spacial score (nSPS) is 26.1. The molecule has 0 radical (unpaired) electrons. The molecule has 14 heavy (non-hydrogen) atoms. The summed E-state index contributed by atoms with van der Waals surface area (Å²) >= 11 is 0. The number of piperidine rings is 1. The molecule has 1 N–H and O–H groups in total. The van der Waals surface area contributed by atoms with Gasteiger partial charge in [-0.05, 0) is 33.2 Å². The Kier molecular flexibility index (Phi) is 6.45. The second-order valence-corrected chi connectivity index (χ2v) is 3.56. The van der Waals surface area contributed by atoms with Gasteiger partial charge in [-0.25, -0.2) is 0 Å². The van der Waals surface area contributed by atoms with E-state index in [-0.39, 0.29) is 18.8 Å². The van der Waals surface area contributed by atoms with Crippen molar-refractivity contribution in [1.29, 1.82) is 1.45 Å². The zero-order valence-electron chi connectivity index (χ0n) is 9.23. The Morgan fingerprint density at radius 2 is 2.36 bits per heavy atom. The van der Waals surface area contributed by atoms with E-state index in [1.807, 2.05) is 13.8 Å². The molecule has 1 saturated heterocycles. The molecule has 0 bridgehead atoms. The summed E-state index contributed by atoms with van der Waals surface area (Å²) in [6, 6.07) is 0. The van der Waals surface area contributed by atoms with E-state index in [0.29, 0.717) is 6.61 Å². The summed E-state index contributed by atoms with van der Waals surface area (Å²) < 4.78 is 18.0. The van der Waals surface area contributed by atoms with Crippen molar-refractivity contribution in [1.82, 2.24) is 5.32 Å². The van der Waals surface area contributed by atoms with Crippen LogP contribution in [0.2, 0.25) is 0 Å². The lowest BCUT2D eigenvalue weighted by molar-refractivity contribution is -0.155. The molecule has 86 valence electrons. The fourth-order valence-corrected chi connectivity index (χ4v) is 1.54. The highest BCUT2D eigenvalue weighted by Crippen LogP contribution is 2.26. The molecule has 1 heterocycles. The highest BCUT2D eigenvalue weighted by atomic mass is 19.0. The van der Waals surface area contributed by atoms with Crippen molar-refractivity contribution in [3.63, 3.8) is 0 Å². The first-order valence-corrected chi connectivity index (χ1v) is 4.57. The third-order valence-corrected chi connectivity index (χ3v) is 2.37. The summed E-state index contributed by atoms with van der Waals surface area (Å²) in [6.07, 6.45) is 2.01. The number of ether oxygens (including phenoxy) is 1. The van der Waals surface area contributed by atoms with Gasteiger partial charge >= 0.3 is 5.97 Å². The number of esters is 1. The summed E-state index contributed by atoms with van der Waals surface area (Å²) in [6.45, 7) is 6.07. The van der Waals surface area contributed by atoms with E-state index in [2.05, 4.69) is 6.77 Å². The number of hydrogen-bond acceptors (Lipinski definition) is 3. The van der Waals surface area contributed by atoms with Gasteiger partial charge in [-0.15, -0.1) is 0 Å². The summed E-state index contributed by atoms with van der Waals surface area (Å²) in [4.78, 5) is 11.5. The van der Waals surface area contributed by atoms with Crippen LogP contribution in [0.15, 0.2) is 0 Å². The second kappa shape index (κ2) is 6.76. The minimum absolute atomic E-state index is 0. The predicted molar refractivity (Wildman–Crippen MR) is 56.1 cm³/mol. The first-order chi connectivity index (χ1) is 6.69. The van der Waals surface area contributed by atoms with Gasteiger partial charge < -0.3 is 10.1 Å². The highest BCUT2D eigenvalue weighted by Gasteiger charge is 2.35. The van der Waals surface area contributed by atoms with Crippen LogP contribution in [0.25, 0.3) is 0 Å². The Balaban J connectivity index is 0. The maximum atomic E-state index is 11.5. The van der Waals surface area contributed by atoms with Gasteiger partial charge in [0.05, 0.1) is 12.0 Å². The summed E-state index contributed by atoms with van der Waals surface area (Å²) in [5.74, 6) is -0.0581. The van der Waals surface area contributed by atoms with Gasteiger partial charge in [0.15, 0.2) is 0 Å². The lowest BCUT2D eigenvalue weighted by atomic mass is 9.83. The largest absolute Gasteiger partial charge is 0.466 e. The van der Waals surface area contributed by atoms with Crippen LogP contribution in [-0.4, -0.2) is 27.1 Å². The molecular formula is C10H22FNO2. The van der Waals surface area contributed by atoms with Crippen molar-refractivity contribution in [3.05, 3.63) is 0 Å². The van der Waals surface area contributed by atoms with E-state index >= 15 is 0 Å². The molecule has 0 aromatic rings. The molecule has 0 aromatic carbocycles. The third-order valence-electron chi connectivity index (χ3n) is 2.37. The van der Waals surface area contributed by atoms with Crippen LogP contribution >= 0.6 is 0 Å². The van der Waals surface area contributed by atoms with Crippen molar-refractivity contribution in [2.24, 2.45) is 5.41 Å². The van der Waals surface area contributed by atoms with Gasteiger partial charge in [0.25, 0.3) is 1.45 Å². The average molecular weight is 209 g/mol. The van der Waals surface area contributed by atoms with Crippen LogP contribution in [0.3, 0.4) is 0 Å². The molecule has 3 nitrogen and oxygen atoms in total. The number of nitrogens with one attached hydrogen (secondary N) is 1. The van der Waals surface area contributed by atoms with Gasteiger partial charge in [-0.3, -0.25) is 9.51 Å². The predicted octanol–water partition coefficient (Wildman–Crippen LogP) is 1.73. The molecule has 4 heteroatoms. The lowest BCUT2D eigenvalue weighted by Gasteiger charge is -2.31. The van der Waals surface area contributed by atoms with Gasteiger partial charge in [0, 0.05) is 6.54 Å². The molecule has 0 aromatic heterocycles. The van der Waals surface area contributed by atoms with Crippen molar-refractivity contribution in [2.75, 3.05) is 19.7 Å². The molecule has 1 fully saturated rings. The first-order valence-electron chi connectivity index (χ1n) is 4.95. The van der Waals surface area contributed by atoms with E-state index in [0.717, 1.165) is 25.9 Å². The molecule has 1 rings (SSSR count). The van der Waals surface area contributed by atoms with E-state index in [4.69, 9.17) is 9.45 Å². The van der Waals surface area contributed by atoms with Crippen molar-refractivity contribution >= 4 is 5.97 Å². The van der Waals surface area contributed by atoms with Crippen LogP contribution in [0, 0.1) is 5.41 Å². The topological polar surface area (TPSA) is 38.3 Å². The molecule has 1 unspecified atom stereocenters. The van der Waals surface area contributed by atoms with Gasteiger partial charge in [-0.1, -0.05) is 7.43 Å². The van der Waals surface area contributed by atoms with Crippen LogP contribution in [0.5, 0.6) is 0 Å². The Bertz CT molecular complexity index is 173. The SMILES string of the molecule is C.CCOC(=O)C1(C)CCCNC1.[3H]F. The molecule has 1 aliphatic rings. The fourth-order valence-electron chi connectivity index (χ4n) is 1.54. The van der Waals surface area contributed by atoms with Crippen LogP contribution in [0.1, 0.15) is 34.1 Å². The monoisotopic (exact) mass is 209 g/mol. The number of hydrogen-bond donors (Lipinski definition) is 1. The Labute approximate surface area is 87.1 Å². The standard InChI is InChI=1S/C9H17NO2.CH4.FH/c1-3-12-8(11)9(2)5-4-6-10-7-9;;/h10H,3-7H2,1-2H3;1H4;1H/i/hT.